The summed E-state index contributed by atoms with van der Waals surface area (Å²) >= 11 is 0. The average molecular weight is 1090 g/mol. The topological polar surface area (TPSA) is 220 Å². The monoisotopic (exact) mass is 1090 g/mol. The predicted octanol–water partition coefficient (Wildman–Crippen LogP) is 8.31. The van der Waals surface area contributed by atoms with Crippen molar-refractivity contribution in [2.45, 2.75) is 104 Å². The molecule has 1 amide bonds. The number of allylic oxidation sites excluding steroid dienone is 3. The summed E-state index contributed by atoms with van der Waals surface area (Å²) in [6.45, 7) is 13.0. The van der Waals surface area contributed by atoms with Crippen molar-refractivity contribution in [1.82, 2.24) is 30.6 Å². The SMILES string of the molecule is Cc1nnc(-c2ccc(CN=C(CCOCCOCCOCCOCCNC(=O)c3ccc(C4=C5C=C6CCCN7CCCC(=C5Oc5c4cc4c8c5CCCN8CCC4)C67)c(C(=O)O)c3)C3=C(O)CC(C)(C)CC3=O)cc2)nn1. The number of carboxylic acid groups (broad SMARTS) is 1. The first kappa shape index (κ1) is 55.0. The van der Waals surface area contributed by atoms with E-state index in [1.165, 1.54) is 34.0 Å². The number of aliphatic hydroxyl groups excluding tert-OH is 1. The van der Waals surface area contributed by atoms with Crippen LogP contribution in [0, 0.1) is 12.3 Å². The molecular weight excluding hydrogens is 1020 g/mol. The number of fused-ring (bicyclic) bond motifs is 3. The summed E-state index contributed by atoms with van der Waals surface area (Å²) in [5.41, 5.74) is 12.4. The van der Waals surface area contributed by atoms with Gasteiger partial charge in [0.2, 0.25) is 5.82 Å². The smallest absolute Gasteiger partial charge is 0.336 e. The molecule has 0 spiro atoms. The molecule has 3 N–H and O–H groups in total. The Kier molecular flexibility index (Phi) is 16.8. The van der Waals surface area contributed by atoms with Crippen LogP contribution in [0.2, 0.25) is 0 Å². The first-order valence-corrected chi connectivity index (χ1v) is 28.5. The van der Waals surface area contributed by atoms with Gasteiger partial charge in [-0.25, -0.2) is 4.79 Å². The summed E-state index contributed by atoms with van der Waals surface area (Å²) in [7, 11) is 0. The zero-order chi connectivity index (χ0) is 55.3. The van der Waals surface area contributed by atoms with Crippen LogP contribution in [0.15, 0.2) is 93.4 Å². The summed E-state index contributed by atoms with van der Waals surface area (Å²) in [6.07, 6.45) is 11.5. The molecule has 5 aliphatic heterocycles. The van der Waals surface area contributed by atoms with Crippen molar-refractivity contribution in [1.29, 1.82) is 0 Å². The molecule has 80 heavy (non-hydrogen) atoms. The molecule has 18 nitrogen and oxygen atoms in total. The van der Waals surface area contributed by atoms with Crippen LogP contribution in [0.5, 0.6) is 5.75 Å². The number of aromatic nitrogens is 4. The first-order valence-electron chi connectivity index (χ1n) is 28.5. The highest BCUT2D eigenvalue weighted by Gasteiger charge is 2.43. The van der Waals surface area contributed by atoms with E-state index in [1.807, 2.05) is 44.2 Å². The Hall–Kier alpha value is -6.96. The van der Waals surface area contributed by atoms with Gasteiger partial charge in [-0.15, -0.1) is 20.4 Å². The van der Waals surface area contributed by atoms with Crippen LogP contribution in [0.3, 0.4) is 0 Å². The highest BCUT2D eigenvalue weighted by Crippen LogP contribution is 2.54. The Labute approximate surface area is 467 Å². The van der Waals surface area contributed by atoms with Crippen LogP contribution >= 0.6 is 0 Å². The van der Waals surface area contributed by atoms with Gasteiger partial charge in [-0.05, 0) is 129 Å². The predicted molar refractivity (Wildman–Crippen MR) is 301 cm³/mol. The molecule has 2 aliphatic carbocycles. The summed E-state index contributed by atoms with van der Waals surface area (Å²) in [5.74, 6) is 1.14. The molecule has 0 saturated carbocycles. The zero-order valence-electron chi connectivity index (χ0n) is 46.2. The number of carbonyl (C=O) groups is 3. The number of hydrogen-bond donors (Lipinski definition) is 3. The molecule has 3 aromatic carbocycles. The Morgan fingerprint density at radius 1 is 0.800 bits per heavy atom. The number of amides is 1. The number of aryl methyl sites for hydroxylation is 2. The number of piperidine rings is 2. The zero-order valence-corrected chi connectivity index (χ0v) is 46.2. The number of ketones is 1. The lowest BCUT2D eigenvalue weighted by atomic mass is 9.74. The molecule has 0 radical (unpaired) electrons. The minimum Gasteiger partial charge on any atom is -0.511 e. The van der Waals surface area contributed by atoms with Gasteiger partial charge in [-0.2, -0.15) is 0 Å². The fourth-order valence-corrected chi connectivity index (χ4v) is 12.7. The third-order valence-corrected chi connectivity index (χ3v) is 16.2. The van der Waals surface area contributed by atoms with Gasteiger partial charge < -0.3 is 44.1 Å². The number of rotatable bonds is 22. The van der Waals surface area contributed by atoms with Crippen molar-refractivity contribution in [3.63, 3.8) is 0 Å². The number of ether oxygens (including phenoxy) is 5. The first-order chi connectivity index (χ1) is 38.9. The molecule has 420 valence electrons. The molecule has 18 heteroatoms. The van der Waals surface area contributed by atoms with Gasteiger partial charge >= 0.3 is 5.97 Å². The second-order valence-corrected chi connectivity index (χ2v) is 22.6. The van der Waals surface area contributed by atoms with Crippen LogP contribution in [0.25, 0.3) is 17.0 Å². The number of Topliss-reactive ketones (excluding diaryl/α,β-unsaturated/α-hetero) is 1. The van der Waals surface area contributed by atoms with Crippen molar-refractivity contribution in [2.24, 2.45) is 10.4 Å². The standard InChI is InChI=1S/C62H72N8O10/c1-38-65-67-59(68-66-38)40-14-12-39(13-15-40)37-64-50(54-51(71)35-62(2,3)36-52(54)72)18-24-76-26-28-78-30-31-79-29-27-77-25-19-63-60(73)43-16-17-44(47(34-43)61(74)75)53-48-32-41-8-4-20-69-22-6-10-45(55(41)69)57(48)80-58-46-11-7-23-70-21-5-9-42(56(46)70)33-49(53)58/h12-17,32-34,55,71H,4-11,18-31,35-37H2,1-3H3,(H,63,73)(H,74,75). The number of aliphatic imine (C=N–C) groups is 1. The highest BCUT2D eigenvalue weighted by atomic mass is 16.6. The number of carbonyl (C=O) groups excluding carboxylic acids is 2. The van der Waals surface area contributed by atoms with E-state index in [0.717, 1.165) is 117 Å². The second kappa shape index (κ2) is 24.4. The third-order valence-electron chi connectivity index (χ3n) is 16.2. The summed E-state index contributed by atoms with van der Waals surface area (Å²) in [4.78, 5) is 50.1. The fraction of sp³-hybridized carbons (Fsp3) is 0.484. The minimum absolute atomic E-state index is 0.0622. The number of anilines is 1. The molecule has 2 saturated heterocycles. The molecule has 1 aromatic heterocycles. The van der Waals surface area contributed by atoms with Crippen LogP contribution in [-0.2, 0) is 43.1 Å². The van der Waals surface area contributed by atoms with E-state index in [1.54, 1.807) is 13.0 Å². The van der Waals surface area contributed by atoms with E-state index >= 15 is 0 Å². The van der Waals surface area contributed by atoms with E-state index in [4.69, 9.17) is 28.7 Å². The number of benzene rings is 3. The molecular formula is C62H72N8O10. The molecule has 1 atom stereocenters. The maximum atomic E-state index is 13.6. The van der Waals surface area contributed by atoms with Crippen LogP contribution in [-0.4, -0.2) is 150 Å². The number of hydrogen-bond acceptors (Lipinski definition) is 16. The van der Waals surface area contributed by atoms with Crippen molar-refractivity contribution in [3.8, 4) is 17.1 Å². The quantitative estimate of drug-likeness (QED) is 0.0498. The van der Waals surface area contributed by atoms with Gasteiger partial charge in [0.05, 0.1) is 82.3 Å². The normalized spacial score (nSPS) is 19.5. The van der Waals surface area contributed by atoms with Gasteiger partial charge in [-0.3, -0.25) is 19.5 Å². The molecule has 11 rings (SSSR count). The molecule has 2 fully saturated rings. The van der Waals surface area contributed by atoms with Gasteiger partial charge in [0.1, 0.15) is 17.3 Å². The lowest BCUT2D eigenvalue weighted by molar-refractivity contribution is -0.118. The summed E-state index contributed by atoms with van der Waals surface area (Å²) in [5, 5.41) is 41.0. The molecule has 6 heterocycles. The maximum absolute atomic E-state index is 13.6. The lowest BCUT2D eigenvalue weighted by Gasteiger charge is -2.47. The van der Waals surface area contributed by atoms with E-state index in [2.05, 4.69) is 47.7 Å². The fourth-order valence-electron chi connectivity index (χ4n) is 12.7. The molecule has 1 unspecified atom stereocenters. The maximum Gasteiger partial charge on any atom is 0.336 e. The second-order valence-electron chi connectivity index (χ2n) is 22.6. The largest absolute Gasteiger partial charge is 0.511 e. The van der Waals surface area contributed by atoms with Crippen molar-refractivity contribution in [2.75, 3.05) is 90.5 Å². The number of carboxylic acids is 1. The Morgan fingerprint density at radius 2 is 1.49 bits per heavy atom. The number of aliphatic hydroxyl groups is 1. The Bertz CT molecular complexity index is 3190. The molecule has 0 bridgehead atoms. The number of nitrogens with one attached hydrogen (secondary N) is 1. The van der Waals surface area contributed by atoms with Crippen molar-refractivity contribution in [3.05, 3.63) is 133 Å². The average Bonchev–Trinajstić information content (AvgIpc) is 3.53. The van der Waals surface area contributed by atoms with Gasteiger partial charge in [0, 0.05) is 78.0 Å². The Balaban J connectivity index is 0.636. The number of nitrogens with zero attached hydrogens (tertiary/aromatic N) is 7. The molecule has 4 aromatic rings. The number of aromatic carboxylic acids is 1. The van der Waals surface area contributed by atoms with Crippen LogP contribution in [0.1, 0.15) is 126 Å². The van der Waals surface area contributed by atoms with Crippen molar-refractivity contribution >= 4 is 34.6 Å². The van der Waals surface area contributed by atoms with E-state index in [-0.39, 0.29) is 65.4 Å². The summed E-state index contributed by atoms with van der Waals surface area (Å²) in [6, 6.07) is 15.2. The Morgan fingerprint density at radius 3 is 2.21 bits per heavy atom. The van der Waals surface area contributed by atoms with Crippen molar-refractivity contribution < 1.29 is 48.3 Å². The van der Waals surface area contributed by atoms with E-state index in [9.17, 15) is 24.6 Å². The third kappa shape index (κ3) is 11.9. The van der Waals surface area contributed by atoms with Crippen LogP contribution < -0.4 is 15.0 Å². The van der Waals surface area contributed by atoms with Crippen LogP contribution in [0.4, 0.5) is 5.69 Å². The lowest BCUT2D eigenvalue weighted by Crippen LogP contribution is -2.47. The highest BCUT2D eigenvalue weighted by molar-refractivity contribution is 6.23. The minimum atomic E-state index is -1.09. The van der Waals surface area contributed by atoms with Gasteiger partial charge in [-0.1, -0.05) is 44.2 Å². The van der Waals surface area contributed by atoms with E-state index < -0.39 is 5.97 Å². The molecule has 7 aliphatic rings. The van der Waals surface area contributed by atoms with Gasteiger partial charge in [0.25, 0.3) is 5.91 Å². The van der Waals surface area contributed by atoms with E-state index in [0.29, 0.717) is 88.4 Å². The van der Waals surface area contributed by atoms with Gasteiger partial charge in [0.15, 0.2) is 11.6 Å². The summed E-state index contributed by atoms with van der Waals surface area (Å²) < 4.78 is 30.2.